The molecule has 1 aromatic carbocycles. The molecule has 0 aliphatic carbocycles. The van der Waals surface area contributed by atoms with Crippen molar-refractivity contribution < 1.29 is 25.3 Å². The van der Waals surface area contributed by atoms with E-state index in [9.17, 15) is 25.3 Å². The van der Waals surface area contributed by atoms with E-state index >= 15 is 0 Å². The molecular formula is C14H16Br2N2O6S3. The highest BCUT2D eigenvalue weighted by Crippen LogP contribution is 2.38. The molecule has 3 heterocycles. The Morgan fingerprint density at radius 1 is 0.926 bits per heavy atom. The van der Waals surface area contributed by atoms with Crippen molar-refractivity contribution in [3.8, 4) is 0 Å². The molecule has 0 radical (unpaired) electrons. The van der Waals surface area contributed by atoms with Crippen molar-refractivity contribution in [1.82, 2.24) is 9.62 Å². The van der Waals surface area contributed by atoms with Crippen LogP contribution in [0.2, 0.25) is 0 Å². The van der Waals surface area contributed by atoms with Crippen molar-refractivity contribution in [3.63, 3.8) is 0 Å². The van der Waals surface area contributed by atoms with Crippen LogP contribution in [0.5, 0.6) is 0 Å². The summed E-state index contributed by atoms with van der Waals surface area (Å²) in [6.45, 7) is 0. The van der Waals surface area contributed by atoms with Crippen LogP contribution < -0.4 is 5.32 Å². The molecule has 0 aromatic heterocycles. The molecule has 13 heteroatoms. The van der Waals surface area contributed by atoms with Gasteiger partial charge in [0.2, 0.25) is 10.0 Å². The lowest BCUT2D eigenvalue weighted by molar-refractivity contribution is 0.160. The number of piperazine rings is 1. The van der Waals surface area contributed by atoms with Gasteiger partial charge in [-0.05, 0) is 34.1 Å². The number of nitrogens with zero attached hydrogens (tertiary/aromatic N) is 1. The van der Waals surface area contributed by atoms with Gasteiger partial charge < -0.3 is 5.32 Å². The first kappa shape index (κ1) is 20.2. The molecule has 1 aromatic rings. The average molecular weight is 564 g/mol. The third kappa shape index (κ3) is 3.53. The summed E-state index contributed by atoms with van der Waals surface area (Å²) in [5.74, 6) is -1.04. The SMILES string of the molecule is O=S1(=O)C[C@@H]2N[C@@H]3CS(=O)(=O)C[C@@H]3N(S(=O)(=O)c3cc(Br)ccc3Br)[C@@H]2C1. The van der Waals surface area contributed by atoms with Crippen LogP contribution in [0.4, 0.5) is 0 Å². The first-order chi connectivity index (χ1) is 12.4. The van der Waals surface area contributed by atoms with Gasteiger partial charge in [-0.15, -0.1) is 0 Å². The summed E-state index contributed by atoms with van der Waals surface area (Å²) < 4.78 is 77.8. The van der Waals surface area contributed by atoms with E-state index in [1.54, 1.807) is 12.1 Å². The summed E-state index contributed by atoms with van der Waals surface area (Å²) in [6.07, 6.45) is 0. The Kier molecular flexibility index (Phi) is 4.85. The molecule has 0 unspecified atom stereocenters. The predicted molar refractivity (Wildman–Crippen MR) is 106 cm³/mol. The van der Waals surface area contributed by atoms with Crippen LogP contribution in [0.25, 0.3) is 0 Å². The minimum absolute atomic E-state index is 0.0233. The van der Waals surface area contributed by atoms with Crippen molar-refractivity contribution in [3.05, 3.63) is 27.1 Å². The number of sulfonamides is 1. The molecule has 3 aliphatic rings. The number of hydrogen-bond donors (Lipinski definition) is 1. The van der Waals surface area contributed by atoms with Crippen LogP contribution in [0.15, 0.2) is 32.0 Å². The lowest BCUT2D eigenvalue weighted by Gasteiger charge is -2.43. The second-order valence-electron chi connectivity index (χ2n) is 7.08. The normalized spacial score (nSPS) is 34.9. The summed E-state index contributed by atoms with van der Waals surface area (Å²) >= 11 is 6.50. The summed E-state index contributed by atoms with van der Waals surface area (Å²) in [4.78, 5) is -0.0233. The van der Waals surface area contributed by atoms with Gasteiger partial charge in [-0.25, -0.2) is 25.3 Å². The van der Waals surface area contributed by atoms with Crippen molar-refractivity contribution >= 4 is 61.6 Å². The Morgan fingerprint density at radius 3 is 1.96 bits per heavy atom. The fourth-order valence-electron chi connectivity index (χ4n) is 4.14. The van der Waals surface area contributed by atoms with Crippen LogP contribution >= 0.6 is 31.9 Å². The number of nitrogens with one attached hydrogen (secondary N) is 1. The first-order valence-corrected chi connectivity index (χ1v) is 14.7. The molecular weight excluding hydrogens is 548 g/mol. The number of hydrogen-bond acceptors (Lipinski definition) is 7. The standard InChI is InChI=1S/C14H16Br2N2O6S3/c15-8-1-2-9(16)14(3-8)27(23,24)18-12-6-25(19,20)4-10(12)17-11-5-26(21,22)7-13(11)18/h1-3,10-13,17H,4-7H2/t10-,11+,12+,13-. The zero-order valence-electron chi connectivity index (χ0n) is 13.7. The van der Waals surface area contributed by atoms with Crippen LogP contribution in [-0.2, 0) is 29.7 Å². The summed E-state index contributed by atoms with van der Waals surface area (Å²) in [5.41, 5.74) is 0. The fraction of sp³-hybridized carbons (Fsp3) is 0.571. The minimum Gasteiger partial charge on any atom is -0.306 e. The molecule has 0 amide bonds. The Balaban J connectivity index is 1.87. The third-order valence-corrected chi connectivity index (χ3v) is 12.0. The van der Waals surface area contributed by atoms with Gasteiger partial charge in [-0.1, -0.05) is 15.9 Å². The van der Waals surface area contributed by atoms with Crippen molar-refractivity contribution in [1.29, 1.82) is 0 Å². The van der Waals surface area contributed by atoms with Crippen molar-refractivity contribution in [2.75, 3.05) is 23.0 Å². The van der Waals surface area contributed by atoms with E-state index in [0.29, 0.717) is 8.95 Å². The van der Waals surface area contributed by atoms with Crippen LogP contribution in [0.1, 0.15) is 0 Å². The maximum absolute atomic E-state index is 13.5. The molecule has 4 atom stereocenters. The summed E-state index contributed by atoms with van der Waals surface area (Å²) in [6, 6.07) is 1.77. The van der Waals surface area contributed by atoms with E-state index in [0.717, 1.165) is 4.31 Å². The largest absolute Gasteiger partial charge is 0.306 e. The monoisotopic (exact) mass is 562 g/mol. The highest BCUT2D eigenvalue weighted by atomic mass is 79.9. The Bertz CT molecular complexity index is 1070. The molecule has 8 nitrogen and oxygen atoms in total. The minimum atomic E-state index is -4.14. The highest BCUT2D eigenvalue weighted by Gasteiger charge is 2.57. The maximum atomic E-state index is 13.5. The molecule has 0 bridgehead atoms. The summed E-state index contributed by atoms with van der Waals surface area (Å²) in [5, 5.41) is 3.08. The molecule has 3 aliphatic heterocycles. The van der Waals surface area contributed by atoms with Gasteiger partial charge in [-0.2, -0.15) is 4.31 Å². The van der Waals surface area contributed by atoms with E-state index in [2.05, 4.69) is 37.2 Å². The fourth-order valence-corrected chi connectivity index (χ4v) is 11.5. The lowest BCUT2D eigenvalue weighted by Crippen LogP contribution is -2.67. The van der Waals surface area contributed by atoms with Gasteiger partial charge >= 0.3 is 0 Å². The van der Waals surface area contributed by atoms with Crippen LogP contribution in [-0.4, -0.2) is 76.7 Å². The molecule has 4 rings (SSSR count). The molecule has 3 fully saturated rings. The topological polar surface area (TPSA) is 118 Å². The lowest BCUT2D eigenvalue weighted by atomic mass is 10.0. The average Bonchev–Trinajstić information content (AvgIpc) is 2.98. The second-order valence-corrected chi connectivity index (χ2v) is 15.0. The number of fused-ring (bicyclic) bond motifs is 2. The molecule has 27 heavy (non-hydrogen) atoms. The Hall–Kier alpha value is -0.0500. The van der Waals surface area contributed by atoms with E-state index < -0.39 is 53.9 Å². The van der Waals surface area contributed by atoms with Crippen molar-refractivity contribution in [2.24, 2.45) is 0 Å². The number of rotatable bonds is 2. The van der Waals surface area contributed by atoms with Gasteiger partial charge in [-0.3, -0.25) is 0 Å². The van der Waals surface area contributed by atoms with Gasteiger partial charge in [0.05, 0.1) is 40.0 Å². The Morgan fingerprint density at radius 2 is 1.44 bits per heavy atom. The quantitative estimate of drug-likeness (QED) is 0.543. The zero-order chi connectivity index (χ0) is 19.8. The van der Waals surface area contributed by atoms with E-state index in [1.807, 2.05) is 0 Å². The van der Waals surface area contributed by atoms with Gasteiger partial charge in [0.15, 0.2) is 19.7 Å². The van der Waals surface area contributed by atoms with Gasteiger partial charge in [0.25, 0.3) is 0 Å². The third-order valence-electron chi connectivity index (χ3n) is 5.18. The van der Waals surface area contributed by atoms with E-state index in [1.165, 1.54) is 6.07 Å². The molecule has 1 N–H and O–H groups in total. The molecule has 3 saturated heterocycles. The summed E-state index contributed by atoms with van der Waals surface area (Å²) in [7, 11) is -11.0. The van der Waals surface area contributed by atoms with E-state index in [-0.39, 0.29) is 27.9 Å². The number of benzene rings is 1. The highest BCUT2D eigenvalue weighted by molar-refractivity contribution is 9.11. The second kappa shape index (κ2) is 6.47. The molecule has 150 valence electrons. The Labute approximate surface area is 174 Å². The van der Waals surface area contributed by atoms with Gasteiger partial charge in [0.1, 0.15) is 0 Å². The number of sulfone groups is 2. The number of halogens is 2. The first-order valence-electron chi connectivity index (χ1n) is 8.05. The zero-order valence-corrected chi connectivity index (χ0v) is 19.4. The van der Waals surface area contributed by atoms with Gasteiger partial charge in [0, 0.05) is 21.0 Å². The van der Waals surface area contributed by atoms with Crippen LogP contribution in [0.3, 0.4) is 0 Å². The van der Waals surface area contributed by atoms with Crippen LogP contribution in [0, 0.1) is 0 Å². The molecule has 0 spiro atoms. The van der Waals surface area contributed by atoms with Crippen molar-refractivity contribution in [2.45, 2.75) is 29.1 Å². The maximum Gasteiger partial charge on any atom is 0.244 e. The molecule has 0 saturated carbocycles. The smallest absolute Gasteiger partial charge is 0.244 e. The van der Waals surface area contributed by atoms with E-state index in [4.69, 9.17) is 0 Å². The predicted octanol–water partition coefficient (Wildman–Crippen LogP) is 0.137.